The van der Waals surface area contributed by atoms with Gasteiger partial charge in [0.25, 0.3) is 0 Å². The summed E-state index contributed by atoms with van der Waals surface area (Å²) in [6, 6.07) is 4.29. The highest BCUT2D eigenvalue weighted by Gasteiger charge is 2.05. The van der Waals surface area contributed by atoms with Crippen LogP contribution in [0.25, 0.3) is 5.69 Å². The van der Waals surface area contributed by atoms with Crippen LogP contribution in [-0.2, 0) is 0 Å². The van der Waals surface area contributed by atoms with Gasteiger partial charge in [0.05, 0.1) is 5.69 Å². The molecule has 0 atom stereocenters. The van der Waals surface area contributed by atoms with Gasteiger partial charge in [-0.25, -0.2) is 14.1 Å². The first-order valence-corrected chi connectivity index (χ1v) is 4.58. The van der Waals surface area contributed by atoms with Gasteiger partial charge in [-0.3, -0.25) is 0 Å². The highest BCUT2D eigenvalue weighted by atomic mass is 79.9. The third-order valence-corrected chi connectivity index (χ3v) is 2.30. The number of nitrogen functional groups attached to an aromatic ring is 1. The topological polar surface area (TPSA) is 56.7 Å². The van der Waals surface area contributed by atoms with E-state index in [-0.39, 0.29) is 11.8 Å². The van der Waals surface area contributed by atoms with Crippen LogP contribution in [0.1, 0.15) is 0 Å². The molecule has 0 spiro atoms. The van der Waals surface area contributed by atoms with Crippen LogP contribution in [0, 0.1) is 5.82 Å². The van der Waals surface area contributed by atoms with Crippen LogP contribution in [0.3, 0.4) is 0 Å². The summed E-state index contributed by atoms with van der Waals surface area (Å²) in [5, 5.41) is 3.90. The fourth-order valence-electron chi connectivity index (χ4n) is 1.06. The zero-order chi connectivity index (χ0) is 10.1. The molecule has 0 radical (unpaired) electrons. The van der Waals surface area contributed by atoms with Gasteiger partial charge in [0.2, 0.25) is 5.95 Å². The first kappa shape index (κ1) is 9.14. The van der Waals surface area contributed by atoms with Gasteiger partial charge in [0.15, 0.2) is 0 Å². The van der Waals surface area contributed by atoms with E-state index in [2.05, 4.69) is 26.0 Å². The number of nitrogens with two attached hydrogens (primary N) is 1. The molecule has 14 heavy (non-hydrogen) atoms. The number of hydrogen-bond donors (Lipinski definition) is 1. The SMILES string of the molecule is Nc1ncn(-c2ccc(F)cc2Br)n1. The predicted octanol–water partition coefficient (Wildman–Crippen LogP) is 1.75. The lowest BCUT2D eigenvalue weighted by Crippen LogP contribution is -1.97. The Morgan fingerprint density at radius 3 is 2.79 bits per heavy atom. The lowest BCUT2D eigenvalue weighted by molar-refractivity contribution is 0.626. The summed E-state index contributed by atoms with van der Waals surface area (Å²) in [6.07, 6.45) is 1.47. The van der Waals surface area contributed by atoms with Crippen LogP contribution in [0.4, 0.5) is 10.3 Å². The Bertz CT molecular complexity index is 468. The Morgan fingerprint density at radius 1 is 1.43 bits per heavy atom. The summed E-state index contributed by atoms with van der Waals surface area (Å²) < 4.78 is 14.8. The van der Waals surface area contributed by atoms with Crippen molar-refractivity contribution in [2.45, 2.75) is 0 Å². The number of halogens is 2. The second kappa shape index (κ2) is 3.38. The van der Waals surface area contributed by atoms with Crippen molar-refractivity contribution in [3.05, 3.63) is 34.8 Å². The van der Waals surface area contributed by atoms with Crippen molar-refractivity contribution in [2.75, 3.05) is 5.73 Å². The second-order valence-corrected chi connectivity index (χ2v) is 3.50. The number of nitrogens with zero attached hydrogens (tertiary/aromatic N) is 3. The van der Waals surface area contributed by atoms with E-state index in [1.807, 2.05) is 0 Å². The van der Waals surface area contributed by atoms with Gasteiger partial charge in [0, 0.05) is 4.47 Å². The molecule has 1 aromatic carbocycles. The third kappa shape index (κ3) is 1.60. The van der Waals surface area contributed by atoms with E-state index in [1.165, 1.54) is 23.1 Å². The monoisotopic (exact) mass is 256 g/mol. The molecule has 1 aromatic heterocycles. The van der Waals surface area contributed by atoms with E-state index in [0.717, 1.165) is 0 Å². The summed E-state index contributed by atoms with van der Waals surface area (Å²) >= 11 is 3.22. The molecule has 2 N–H and O–H groups in total. The predicted molar refractivity (Wildman–Crippen MR) is 53.4 cm³/mol. The largest absolute Gasteiger partial charge is 0.366 e. The van der Waals surface area contributed by atoms with Gasteiger partial charge < -0.3 is 5.73 Å². The van der Waals surface area contributed by atoms with Gasteiger partial charge >= 0.3 is 0 Å². The molecule has 0 saturated heterocycles. The average Bonchev–Trinajstić information content (AvgIpc) is 2.51. The highest BCUT2D eigenvalue weighted by molar-refractivity contribution is 9.10. The van der Waals surface area contributed by atoms with E-state index in [4.69, 9.17) is 5.73 Å². The summed E-state index contributed by atoms with van der Waals surface area (Å²) in [4.78, 5) is 3.77. The highest BCUT2D eigenvalue weighted by Crippen LogP contribution is 2.21. The third-order valence-electron chi connectivity index (χ3n) is 1.67. The van der Waals surface area contributed by atoms with E-state index < -0.39 is 0 Å². The van der Waals surface area contributed by atoms with Gasteiger partial charge in [-0.15, -0.1) is 5.10 Å². The molecule has 1 heterocycles. The van der Waals surface area contributed by atoms with Crippen LogP contribution < -0.4 is 5.73 Å². The number of anilines is 1. The molecule has 0 fully saturated rings. The van der Waals surface area contributed by atoms with Crippen LogP contribution in [0.15, 0.2) is 29.0 Å². The van der Waals surface area contributed by atoms with E-state index >= 15 is 0 Å². The van der Waals surface area contributed by atoms with Crippen molar-refractivity contribution in [1.29, 1.82) is 0 Å². The van der Waals surface area contributed by atoms with E-state index in [0.29, 0.717) is 10.2 Å². The molecule has 4 nitrogen and oxygen atoms in total. The fourth-order valence-corrected chi connectivity index (χ4v) is 1.59. The van der Waals surface area contributed by atoms with Gasteiger partial charge in [-0.05, 0) is 34.1 Å². The van der Waals surface area contributed by atoms with Crippen molar-refractivity contribution < 1.29 is 4.39 Å². The van der Waals surface area contributed by atoms with Crippen molar-refractivity contribution in [1.82, 2.24) is 14.8 Å². The zero-order valence-electron chi connectivity index (χ0n) is 6.98. The van der Waals surface area contributed by atoms with Crippen molar-refractivity contribution in [2.24, 2.45) is 0 Å². The minimum Gasteiger partial charge on any atom is -0.366 e. The summed E-state index contributed by atoms with van der Waals surface area (Å²) in [6.45, 7) is 0. The average molecular weight is 257 g/mol. The van der Waals surface area contributed by atoms with Crippen LogP contribution in [0.5, 0.6) is 0 Å². The standard InChI is InChI=1S/C8H6BrFN4/c9-6-3-5(10)1-2-7(6)14-4-12-8(11)13-14/h1-4H,(H2,11,13). The Hall–Kier alpha value is -1.43. The molecule has 0 aliphatic rings. The molecular weight excluding hydrogens is 251 g/mol. The first-order chi connectivity index (χ1) is 6.66. The lowest BCUT2D eigenvalue weighted by atomic mass is 10.3. The maximum absolute atomic E-state index is 12.8. The molecule has 0 unspecified atom stereocenters. The first-order valence-electron chi connectivity index (χ1n) is 3.79. The number of rotatable bonds is 1. The molecule has 6 heteroatoms. The van der Waals surface area contributed by atoms with Crippen LogP contribution >= 0.6 is 15.9 Å². The van der Waals surface area contributed by atoms with Crippen molar-refractivity contribution in [3.8, 4) is 5.69 Å². The Kier molecular flexibility index (Phi) is 2.20. The molecule has 0 bridgehead atoms. The summed E-state index contributed by atoms with van der Waals surface area (Å²) in [5.41, 5.74) is 6.05. The van der Waals surface area contributed by atoms with Gasteiger partial charge in [-0.2, -0.15) is 0 Å². The van der Waals surface area contributed by atoms with Gasteiger partial charge in [-0.1, -0.05) is 0 Å². The molecular formula is C8H6BrFN4. The van der Waals surface area contributed by atoms with Crippen LogP contribution in [0.2, 0.25) is 0 Å². The molecule has 2 rings (SSSR count). The lowest BCUT2D eigenvalue weighted by Gasteiger charge is -2.02. The van der Waals surface area contributed by atoms with Crippen molar-refractivity contribution >= 4 is 21.9 Å². The Morgan fingerprint density at radius 2 is 2.21 bits per heavy atom. The quantitative estimate of drug-likeness (QED) is 0.846. The molecule has 0 aliphatic heterocycles. The fraction of sp³-hybridized carbons (Fsp3) is 0. The molecule has 72 valence electrons. The number of aromatic nitrogens is 3. The minimum absolute atomic E-state index is 0.182. The number of benzene rings is 1. The second-order valence-electron chi connectivity index (χ2n) is 2.64. The molecule has 0 saturated carbocycles. The molecule has 2 aromatic rings. The van der Waals surface area contributed by atoms with E-state index in [9.17, 15) is 4.39 Å². The smallest absolute Gasteiger partial charge is 0.239 e. The summed E-state index contributed by atoms with van der Waals surface area (Å²) in [5.74, 6) is -0.130. The Balaban J connectivity index is 2.52. The van der Waals surface area contributed by atoms with Crippen molar-refractivity contribution in [3.63, 3.8) is 0 Å². The minimum atomic E-state index is -0.311. The van der Waals surface area contributed by atoms with Gasteiger partial charge in [0.1, 0.15) is 12.1 Å². The maximum atomic E-state index is 12.8. The molecule has 0 aliphatic carbocycles. The maximum Gasteiger partial charge on any atom is 0.239 e. The normalized spacial score (nSPS) is 10.4. The zero-order valence-corrected chi connectivity index (χ0v) is 8.57. The summed E-state index contributed by atoms with van der Waals surface area (Å²) in [7, 11) is 0. The molecule has 0 amide bonds. The van der Waals surface area contributed by atoms with Crippen LogP contribution in [-0.4, -0.2) is 14.8 Å². The van der Waals surface area contributed by atoms with E-state index in [1.54, 1.807) is 6.07 Å². The number of hydrogen-bond acceptors (Lipinski definition) is 3. The Labute approximate surface area is 87.7 Å².